The molecule has 2 radical (unpaired) electrons. The topological polar surface area (TPSA) is 101 Å². The van der Waals surface area contributed by atoms with Gasteiger partial charge in [0.15, 0.2) is 13.6 Å². The Bertz CT molecular complexity index is 1740. The van der Waals surface area contributed by atoms with Gasteiger partial charge in [0.2, 0.25) is 0 Å². The van der Waals surface area contributed by atoms with E-state index in [1.54, 1.807) is 9.33 Å². The minimum Gasteiger partial charge on any atom is -0.344 e. The van der Waals surface area contributed by atoms with Crippen molar-refractivity contribution in [1.82, 2.24) is 34.4 Å². The van der Waals surface area contributed by atoms with E-state index >= 15 is 0 Å². The molecule has 190 valence electrons. The number of aromatic amines is 1. The molecule has 0 atom stereocenters. The van der Waals surface area contributed by atoms with Crippen molar-refractivity contribution in [3.8, 4) is 33.8 Å². The Kier molecular flexibility index (Phi) is 6.75. The summed E-state index contributed by atoms with van der Waals surface area (Å²) >= 11 is 0. The third kappa shape index (κ3) is 5.23. The molecule has 9 heteroatoms. The second kappa shape index (κ2) is 10.6. The molecule has 2 aromatic carbocycles. The van der Waals surface area contributed by atoms with E-state index in [9.17, 15) is 0 Å². The van der Waals surface area contributed by atoms with Crippen LogP contribution in [0.25, 0.3) is 39.4 Å². The zero-order valence-corrected chi connectivity index (χ0v) is 21.6. The summed E-state index contributed by atoms with van der Waals surface area (Å²) in [5.74, 6) is 0.745. The summed E-state index contributed by atoms with van der Waals surface area (Å²) in [6.07, 6.45) is 3.46. The van der Waals surface area contributed by atoms with Crippen LogP contribution < -0.4 is 5.73 Å². The Morgan fingerprint density at radius 1 is 0.897 bits per heavy atom. The first-order valence-corrected chi connectivity index (χ1v) is 12.8. The van der Waals surface area contributed by atoms with Gasteiger partial charge in [-0.1, -0.05) is 54.6 Å². The van der Waals surface area contributed by atoms with Crippen LogP contribution in [0.3, 0.4) is 0 Å². The van der Waals surface area contributed by atoms with Crippen LogP contribution in [0.15, 0.2) is 91.4 Å². The summed E-state index contributed by atoms with van der Waals surface area (Å²) in [7, 11) is 6.57. The van der Waals surface area contributed by atoms with Crippen molar-refractivity contribution in [2.24, 2.45) is 5.73 Å². The summed E-state index contributed by atoms with van der Waals surface area (Å²) < 4.78 is 1.74. The molecule has 0 amide bonds. The van der Waals surface area contributed by atoms with Crippen molar-refractivity contribution in [3.05, 3.63) is 114 Å². The van der Waals surface area contributed by atoms with Gasteiger partial charge in [-0.15, -0.1) is 0 Å². The predicted octanol–water partition coefficient (Wildman–Crippen LogP) is 4.70. The molecule has 0 aliphatic rings. The van der Waals surface area contributed by atoms with Gasteiger partial charge < -0.3 is 15.5 Å². The minimum atomic E-state index is 0.421. The van der Waals surface area contributed by atoms with Crippen molar-refractivity contribution in [2.75, 3.05) is 0 Å². The number of hydrogen-bond donors (Lipinski definition) is 2. The van der Waals surface area contributed by atoms with Gasteiger partial charge in [0.05, 0.1) is 17.1 Å². The van der Waals surface area contributed by atoms with Crippen LogP contribution in [0.1, 0.15) is 22.6 Å². The van der Waals surface area contributed by atoms with Crippen LogP contribution in [0.2, 0.25) is 0 Å². The average molecular weight is 510 g/mol. The maximum Gasteiger partial charge on any atom is 0.183 e. The van der Waals surface area contributed by atoms with Crippen LogP contribution >= 0.6 is 0 Å². The van der Waals surface area contributed by atoms with Gasteiger partial charge >= 0.3 is 0 Å². The molecule has 0 aliphatic heterocycles. The Hall–Kier alpha value is -4.60. The summed E-state index contributed by atoms with van der Waals surface area (Å²) in [4.78, 5) is 19.2. The van der Waals surface area contributed by atoms with Gasteiger partial charge in [-0.25, -0.2) is 14.5 Å². The lowest BCUT2D eigenvalue weighted by Crippen LogP contribution is -2.20. The van der Waals surface area contributed by atoms with E-state index in [0.29, 0.717) is 19.6 Å². The number of pyridine rings is 2. The number of aryl methyl sites for hydroxylation is 1. The fourth-order valence-corrected chi connectivity index (χ4v) is 4.76. The lowest BCUT2D eigenvalue weighted by Gasteiger charge is -2.19. The van der Waals surface area contributed by atoms with Crippen molar-refractivity contribution in [1.29, 1.82) is 0 Å². The summed E-state index contributed by atoms with van der Waals surface area (Å²) in [5, 5.41) is 4.28. The average Bonchev–Trinajstić information content (AvgIpc) is 3.60. The third-order valence-electron chi connectivity index (χ3n) is 6.69. The molecule has 4 heterocycles. The molecule has 8 nitrogen and oxygen atoms in total. The molecular weight excluding hydrogens is 483 g/mol. The number of fused-ring (bicyclic) bond motifs is 1. The standard InChI is InChI=1S/C30H27BN8/c1-20-5-4-8-26(35-20)30-29(24-13-14-28-33-19-34-39(28)17-24)36-27(37-30)18-38(31)16-23-6-2-3-7-25(23)22-11-9-21(15-32)10-12-22/h2-14,17,19H,15-16,18,32H2,1H3,(H,36,37). The first-order valence-electron chi connectivity index (χ1n) is 12.8. The number of benzene rings is 2. The van der Waals surface area contributed by atoms with Gasteiger partial charge in [0.25, 0.3) is 0 Å². The highest BCUT2D eigenvalue weighted by molar-refractivity contribution is 6.04. The first-order chi connectivity index (χ1) is 19.1. The fourth-order valence-electron chi connectivity index (χ4n) is 4.76. The number of nitrogens with zero attached hydrogens (tertiary/aromatic N) is 6. The van der Waals surface area contributed by atoms with E-state index in [1.807, 2.05) is 55.6 Å². The van der Waals surface area contributed by atoms with Crippen molar-refractivity contribution in [3.63, 3.8) is 0 Å². The third-order valence-corrected chi connectivity index (χ3v) is 6.69. The van der Waals surface area contributed by atoms with Crippen LogP contribution in [-0.2, 0) is 19.6 Å². The lowest BCUT2D eigenvalue weighted by molar-refractivity contribution is 0.433. The van der Waals surface area contributed by atoms with Gasteiger partial charge in [0, 0.05) is 37.1 Å². The Morgan fingerprint density at radius 2 is 1.72 bits per heavy atom. The molecule has 3 N–H and O–H groups in total. The quantitative estimate of drug-likeness (QED) is 0.288. The highest BCUT2D eigenvalue weighted by atomic mass is 15.3. The van der Waals surface area contributed by atoms with Crippen molar-refractivity contribution < 1.29 is 0 Å². The minimum absolute atomic E-state index is 0.421. The highest BCUT2D eigenvalue weighted by Crippen LogP contribution is 2.30. The van der Waals surface area contributed by atoms with E-state index in [4.69, 9.17) is 23.7 Å². The van der Waals surface area contributed by atoms with E-state index in [-0.39, 0.29) is 0 Å². The maximum atomic E-state index is 6.57. The molecule has 0 bridgehead atoms. The number of aromatic nitrogens is 6. The van der Waals surface area contributed by atoms with Crippen LogP contribution in [0.4, 0.5) is 0 Å². The number of hydrogen-bond acceptors (Lipinski definition) is 6. The molecule has 6 aromatic rings. The number of nitrogens with two attached hydrogens (primary N) is 1. The molecule has 0 aliphatic carbocycles. The maximum absolute atomic E-state index is 6.57. The van der Waals surface area contributed by atoms with Gasteiger partial charge in [0.1, 0.15) is 12.2 Å². The van der Waals surface area contributed by atoms with Crippen molar-refractivity contribution in [2.45, 2.75) is 26.6 Å². The van der Waals surface area contributed by atoms with E-state index in [2.05, 4.69) is 51.5 Å². The summed E-state index contributed by atoms with van der Waals surface area (Å²) in [6.45, 7) is 3.47. The normalized spacial score (nSPS) is 11.5. The van der Waals surface area contributed by atoms with Crippen LogP contribution in [0.5, 0.6) is 0 Å². The number of H-pyrrole nitrogens is 1. The Labute approximate surface area is 228 Å². The van der Waals surface area contributed by atoms with Crippen molar-refractivity contribution >= 4 is 13.6 Å². The van der Waals surface area contributed by atoms with Gasteiger partial charge in [-0.05, 0) is 53.4 Å². The zero-order chi connectivity index (χ0) is 26.8. The number of imidazole rings is 1. The molecule has 0 fully saturated rings. The van der Waals surface area contributed by atoms with Crippen LogP contribution in [-0.4, -0.2) is 42.3 Å². The Balaban J connectivity index is 1.30. The Morgan fingerprint density at radius 3 is 2.54 bits per heavy atom. The molecule has 0 unspecified atom stereocenters. The largest absolute Gasteiger partial charge is 0.344 e. The monoisotopic (exact) mass is 510 g/mol. The van der Waals surface area contributed by atoms with E-state index < -0.39 is 0 Å². The van der Waals surface area contributed by atoms with Gasteiger partial charge in [-0.2, -0.15) is 5.10 Å². The zero-order valence-electron chi connectivity index (χ0n) is 21.6. The number of nitrogens with one attached hydrogen (secondary N) is 1. The second-order valence-corrected chi connectivity index (χ2v) is 9.52. The van der Waals surface area contributed by atoms with Crippen LogP contribution in [0, 0.1) is 6.92 Å². The summed E-state index contributed by atoms with van der Waals surface area (Å²) in [5.41, 5.74) is 15.3. The molecule has 4 aromatic heterocycles. The highest BCUT2D eigenvalue weighted by Gasteiger charge is 2.18. The SMILES string of the molecule is [B]N(Cc1nc(-c2ccc3ncnn3c2)c(-c2cccc(C)n2)[nH]1)Cc1ccccc1-c1ccc(CN)cc1. The van der Waals surface area contributed by atoms with E-state index in [0.717, 1.165) is 62.1 Å². The molecule has 0 saturated heterocycles. The predicted molar refractivity (Wildman–Crippen MR) is 153 cm³/mol. The smallest absolute Gasteiger partial charge is 0.183 e. The summed E-state index contributed by atoms with van der Waals surface area (Å²) in [6, 6.07) is 26.5. The van der Waals surface area contributed by atoms with E-state index in [1.165, 1.54) is 6.33 Å². The lowest BCUT2D eigenvalue weighted by atomic mass is 9.97. The fraction of sp³-hybridized carbons (Fsp3) is 0.133. The molecule has 0 saturated carbocycles. The molecule has 6 rings (SSSR count). The molecular formula is C30H27BN8. The molecule has 39 heavy (non-hydrogen) atoms. The number of rotatable bonds is 8. The first kappa shape index (κ1) is 24.7. The van der Waals surface area contributed by atoms with Gasteiger partial charge in [-0.3, -0.25) is 4.98 Å². The molecule has 0 spiro atoms. The second-order valence-electron chi connectivity index (χ2n) is 9.52.